The quantitative estimate of drug-likeness (QED) is 0.826. The Morgan fingerprint density at radius 3 is 2.05 bits per heavy atom. The number of amides is 3. The summed E-state index contributed by atoms with van der Waals surface area (Å²) in [5, 5.41) is 3.49. The highest BCUT2D eigenvalue weighted by atomic mass is 35.5. The molecule has 2 aromatic carbocycles. The molecule has 3 amide bonds. The van der Waals surface area contributed by atoms with E-state index in [1.54, 1.807) is 30.3 Å². The fraction of sp³-hybridized carbons (Fsp3) is 0.0667. The number of nitrogens with zero attached hydrogens (tertiary/aromatic N) is 1. The predicted molar refractivity (Wildman–Crippen MR) is 89.0 cm³/mol. The van der Waals surface area contributed by atoms with Gasteiger partial charge in [-0.25, -0.2) is 4.79 Å². The molecule has 22 heavy (non-hydrogen) atoms. The summed E-state index contributed by atoms with van der Waals surface area (Å²) >= 11 is 17.7. The van der Waals surface area contributed by atoms with E-state index in [4.69, 9.17) is 34.8 Å². The molecule has 4 nitrogen and oxygen atoms in total. The van der Waals surface area contributed by atoms with Gasteiger partial charge < -0.3 is 5.32 Å². The number of anilines is 1. The number of urea groups is 1. The van der Waals surface area contributed by atoms with E-state index in [2.05, 4.69) is 5.32 Å². The number of nitrogens with one attached hydrogen (secondary N) is 1. The van der Waals surface area contributed by atoms with Crippen LogP contribution in [0, 0.1) is 0 Å². The molecule has 0 spiro atoms. The maximum Gasteiger partial charge on any atom is 0.328 e. The van der Waals surface area contributed by atoms with Crippen LogP contribution in [0.1, 0.15) is 10.4 Å². The predicted octanol–water partition coefficient (Wildman–Crippen LogP) is 4.95. The lowest BCUT2D eigenvalue weighted by molar-refractivity contribution is 0.0841. The summed E-state index contributed by atoms with van der Waals surface area (Å²) in [5.74, 6) is -0.595. The molecule has 0 bridgehead atoms. The first-order chi connectivity index (χ1) is 10.4. The third kappa shape index (κ3) is 3.71. The van der Waals surface area contributed by atoms with Crippen LogP contribution in [0.5, 0.6) is 0 Å². The molecular weight excluding hydrogens is 347 g/mol. The summed E-state index contributed by atoms with van der Waals surface area (Å²) in [7, 11) is 1.34. The Morgan fingerprint density at radius 1 is 0.955 bits per heavy atom. The fourth-order valence-electron chi connectivity index (χ4n) is 1.70. The van der Waals surface area contributed by atoms with E-state index < -0.39 is 11.9 Å². The van der Waals surface area contributed by atoms with Crippen LogP contribution in [0.2, 0.25) is 15.1 Å². The van der Waals surface area contributed by atoms with Gasteiger partial charge in [0.2, 0.25) is 0 Å². The first-order valence-corrected chi connectivity index (χ1v) is 7.32. The molecule has 0 saturated heterocycles. The Kier molecular flexibility index (Phi) is 5.29. The van der Waals surface area contributed by atoms with Crippen molar-refractivity contribution in [2.24, 2.45) is 0 Å². The van der Waals surface area contributed by atoms with Gasteiger partial charge in [0.1, 0.15) is 0 Å². The molecule has 0 radical (unpaired) electrons. The second-order valence-corrected chi connectivity index (χ2v) is 5.65. The van der Waals surface area contributed by atoms with Crippen LogP contribution < -0.4 is 5.32 Å². The van der Waals surface area contributed by atoms with Gasteiger partial charge in [0.15, 0.2) is 0 Å². The smallest absolute Gasteiger partial charge is 0.307 e. The highest BCUT2D eigenvalue weighted by molar-refractivity contribution is 6.40. The van der Waals surface area contributed by atoms with Gasteiger partial charge in [0, 0.05) is 17.8 Å². The second kappa shape index (κ2) is 7.01. The topological polar surface area (TPSA) is 49.4 Å². The van der Waals surface area contributed by atoms with E-state index in [1.807, 2.05) is 0 Å². The number of benzene rings is 2. The highest BCUT2D eigenvalue weighted by Gasteiger charge is 2.23. The van der Waals surface area contributed by atoms with Crippen LogP contribution >= 0.6 is 34.8 Å². The van der Waals surface area contributed by atoms with Gasteiger partial charge in [0.25, 0.3) is 5.91 Å². The molecule has 0 atom stereocenters. The molecule has 0 fully saturated rings. The Labute approximate surface area is 142 Å². The van der Waals surface area contributed by atoms with Gasteiger partial charge in [0.05, 0.1) is 15.6 Å². The van der Waals surface area contributed by atoms with Gasteiger partial charge in [-0.3, -0.25) is 9.69 Å². The number of hydrogen-bond acceptors (Lipinski definition) is 2. The minimum absolute atomic E-state index is 0.0830. The van der Waals surface area contributed by atoms with Crippen LogP contribution in [0.4, 0.5) is 10.5 Å². The van der Waals surface area contributed by atoms with Crippen molar-refractivity contribution >= 4 is 52.4 Å². The van der Waals surface area contributed by atoms with Crippen molar-refractivity contribution in [1.82, 2.24) is 4.90 Å². The lowest BCUT2D eigenvalue weighted by Gasteiger charge is -2.17. The maximum atomic E-state index is 12.3. The molecular formula is C15H11Cl3N2O2. The van der Waals surface area contributed by atoms with Crippen LogP contribution in [-0.4, -0.2) is 23.9 Å². The minimum atomic E-state index is -0.608. The average Bonchev–Trinajstić information content (AvgIpc) is 2.48. The number of carbonyl (C=O) groups is 2. The molecule has 2 aromatic rings. The summed E-state index contributed by atoms with van der Waals surface area (Å²) in [6, 6.07) is 10.6. The molecule has 1 N–H and O–H groups in total. The van der Waals surface area contributed by atoms with Crippen molar-refractivity contribution in [2.45, 2.75) is 0 Å². The Hall–Kier alpha value is -1.75. The van der Waals surface area contributed by atoms with Crippen LogP contribution in [0.3, 0.4) is 0 Å². The zero-order valence-electron chi connectivity index (χ0n) is 11.4. The molecule has 114 valence electrons. The molecule has 0 heterocycles. The van der Waals surface area contributed by atoms with Crippen molar-refractivity contribution in [3.63, 3.8) is 0 Å². The van der Waals surface area contributed by atoms with E-state index in [1.165, 1.54) is 19.2 Å². The molecule has 0 aliphatic rings. The first-order valence-electron chi connectivity index (χ1n) is 6.19. The summed E-state index contributed by atoms with van der Waals surface area (Å²) in [4.78, 5) is 25.4. The number of halogens is 3. The third-order valence-electron chi connectivity index (χ3n) is 2.88. The van der Waals surface area contributed by atoms with Crippen LogP contribution in [0.15, 0.2) is 42.5 Å². The third-order valence-corrected chi connectivity index (χ3v) is 3.76. The van der Waals surface area contributed by atoms with E-state index in [9.17, 15) is 9.59 Å². The molecule has 0 aliphatic carbocycles. The first kappa shape index (κ1) is 16.6. The van der Waals surface area contributed by atoms with Gasteiger partial charge in [-0.05, 0) is 36.4 Å². The lowest BCUT2D eigenvalue weighted by Crippen LogP contribution is -2.36. The fourth-order valence-corrected chi connectivity index (χ4v) is 2.39. The largest absolute Gasteiger partial charge is 0.328 e. The molecule has 0 unspecified atom stereocenters. The maximum absolute atomic E-state index is 12.3. The zero-order valence-corrected chi connectivity index (χ0v) is 13.7. The van der Waals surface area contributed by atoms with Crippen molar-refractivity contribution in [3.05, 3.63) is 63.1 Å². The minimum Gasteiger partial charge on any atom is -0.307 e. The van der Waals surface area contributed by atoms with E-state index in [0.717, 1.165) is 4.90 Å². The highest BCUT2D eigenvalue weighted by Crippen LogP contribution is 2.25. The van der Waals surface area contributed by atoms with Gasteiger partial charge in [-0.1, -0.05) is 40.9 Å². The average molecular weight is 358 g/mol. The van der Waals surface area contributed by atoms with Crippen molar-refractivity contribution < 1.29 is 9.59 Å². The summed E-state index contributed by atoms with van der Waals surface area (Å²) < 4.78 is 0. The molecule has 7 heteroatoms. The monoisotopic (exact) mass is 356 g/mol. The molecule has 2 rings (SSSR count). The molecule has 0 aliphatic heterocycles. The van der Waals surface area contributed by atoms with Gasteiger partial charge >= 0.3 is 6.03 Å². The Bertz CT molecular complexity index is 697. The Morgan fingerprint density at radius 2 is 1.50 bits per heavy atom. The lowest BCUT2D eigenvalue weighted by atomic mass is 10.2. The number of carbonyl (C=O) groups excluding carboxylic acids is 2. The summed E-state index contributed by atoms with van der Waals surface area (Å²) in [6.07, 6.45) is 0. The van der Waals surface area contributed by atoms with Crippen molar-refractivity contribution in [1.29, 1.82) is 0 Å². The Balaban J connectivity index is 2.16. The van der Waals surface area contributed by atoms with Crippen LogP contribution in [-0.2, 0) is 0 Å². The number of imide groups is 1. The molecule has 0 saturated carbocycles. The van der Waals surface area contributed by atoms with E-state index in [-0.39, 0.29) is 15.6 Å². The summed E-state index contributed by atoms with van der Waals surface area (Å²) in [5.41, 5.74) is 0.596. The SMILES string of the molecule is CN(C(=O)Nc1ccc(Cl)cc1)C(=O)c1c(Cl)cccc1Cl. The number of hydrogen-bond donors (Lipinski definition) is 1. The van der Waals surface area contributed by atoms with Crippen molar-refractivity contribution in [2.75, 3.05) is 12.4 Å². The van der Waals surface area contributed by atoms with E-state index >= 15 is 0 Å². The normalized spacial score (nSPS) is 10.2. The van der Waals surface area contributed by atoms with Gasteiger partial charge in [-0.15, -0.1) is 0 Å². The number of rotatable bonds is 2. The standard InChI is InChI=1S/C15H11Cl3N2O2/c1-20(14(21)13-11(17)3-2-4-12(13)18)15(22)19-10-7-5-9(16)6-8-10/h2-8H,1H3,(H,19,22). The zero-order chi connectivity index (χ0) is 16.3. The van der Waals surface area contributed by atoms with Crippen LogP contribution in [0.25, 0.3) is 0 Å². The van der Waals surface area contributed by atoms with Crippen molar-refractivity contribution in [3.8, 4) is 0 Å². The summed E-state index contributed by atoms with van der Waals surface area (Å²) in [6.45, 7) is 0. The molecule has 0 aromatic heterocycles. The second-order valence-electron chi connectivity index (χ2n) is 4.40. The van der Waals surface area contributed by atoms with Gasteiger partial charge in [-0.2, -0.15) is 0 Å². The van der Waals surface area contributed by atoms with E-state index in [0.29, 0.717) is 10.7 Å².